The summed E-state index contributed by atoms with van der Waals surface area (Å²) in [5.41, 5.74) is 4.12. The molecule has 2 aliphatic rings. The normalized spacial score (nSPS) is 19.9. The summed E-state index contributed by atoms with van der Waals surface area (Å²) in [7, 11) is 3.73. The van der Waals surface area contributed by atoms with Gasteiger partial charge in [-0.1, -0.05) is 17.3 Å². The van der Waals surface area contributed by atoms with Crippen LogP contribution < -0.4 is 10.2 Å². The second-order valence-electron chi connectivity index (χ2n) is 7.12. The molecule has 0 spiro atoms. The van der Waals surface area contributed by atoms with E-state index in [4.69, 9.17) is 9.26 Å². The summed E-state index contributed by atoms with van der Waals surface area (Å²) < 4.78 is 10.8. The van der Waals surface area contributed by atoms with Crippen molar-refractivity contribution in [2.24, 2.45) is 0 Å². The molecule has 1 aromatic heterocycles. The Morgan fingerprint density at radius 2 is 2.00 bits per heavy atom. The molecule has 0 unspecified atom stereocenters. The summed E-state index contributed by atoms with van der Waals surface area (Å²) in [6.45, 7) is 3.59. The van der Waals surface area contributed by atoms with Gasteiger partial charge in [-0.25, -0.2) is 5.01 Å². The minimum Gasteiger partial charge on any atom is -0.497 e. The van der Waals surface area contributed by atoms with Crippen LogP contribution in [0, 0.1) is 0 Å². The van der Waals surface area contributed by atoms with Gasteiger partial charge >= 0.3 is 0 Å². The molecule has 1 amide bonds. The van der Waals surface area contributed by atoms with Crippen molar-refractivity contribution in [1.82, 2.24) is 20.5 Å². The lowest BCUT2D eigenvalue weighted by atomic mass is 10.0. The fourth-order valence-corrected chi connectivity index (χ4v) is 3.31. The molecule has 1 N–H and O–H groups in total. The van der Waals surface area contributed by atoms with E-state index in [1.165, 1.54) is 0 Å². The predicted molar refractivity (Wildman–Crippen MR) is 96.6 cm³/mol. The van der Waals surface area contributed by atoms with Crippen molar-refractivity contribution in [3.63, 3.8) is 0 Å². The maximum Gasteiger partial charge on any atom is 0.246 e. The quantitative estimate of drug-likeness (QED) is 0.879. The van der Waals surface area contributed by atoms with Crippen molar-refractivity contribution in [2.75, 3.05) is 40.3 Å². The van der Waals surface area contributed by atoms with Crippen molar-refractivity contribution in [1.29, 1.82) is 0 Å². The highest BCUT2D eigenvalue weighted by Gasteiger charge is 2.54. The molecule has 1 aliphatic heterocycles. The summed E-state index contributed by atoms with van der Waals surface area (Å²) in [5.74, 6) is 1.43. The Labute approximate surface area is 152 Å². The van der Waals surface area contributed by atoms with Crippen LogP contribution in [0.3, 0.4) is 0 Å². The fraction of sp³-hybridized carbons (Fsp3) is 0.474. The smallest absolute Gasteiger partial charge is 0.246 e. The van der Waals surface area contributed by atoms with E-state index in [2.05, 4.69) is 22.5 Å². The third-order valence-electron chi connectivity index (χ3n) is 5.30. The largest absolute Gasteiger partial charge is 0.497 e. The number of likely N-dealkylation sites (N-methyl/N-ethyl adjacent to an activating group) is 1. The molecule has 0 radical (unpaired) electrons. The first kappa shape index (κ1) is 17.1. The Bertz CT molecular complexity index is 792. The summed E-state index contributed by atoms with van der Waals surface area (Å²) in [6.07, 6.45) is 1.60. The lowest BCUT2D eigenvalue weighted by Gasteiger charge is -2.33. The van der Waals surface area contributed by atoms with E-state index in [9.17, 15) is 4.79 Å². The van der Waals surface area contributed by atoms with Crippen LogP contribution in [0.1, 0.15) is 18.5 Å². The van der Waals surface area contributed by atoms with Crippen LogP contribution in [0.15, 0.2) is 34.9 Å². The van der Waals surface area contributed by atoms with Crippen LogP contribution in [-0.2, 0) is 10.2 Å². The van der Waals surface area contributed by atoms with Gasteiger partial charge in [-0.15, -0.1) is 0 Å². The maximum absolute atomic E-state index is 12.9. The van der Waals surface area contributed by atoms with Gasteiger partial charge in [0.1, 0.15) is 5.75 Å². The second-order valence-corrected chi connectivity index (χ2v) is 7.12. The number of carbonyl (C=O) groups excluding carboxylic acids is 1. The van der Waals surface area contributed by atoms with Gasteiger partial charge in [-0.2, -0.15) is 0 Å². The van der Waals surface area contributed by atoms with Crippen LogP contribution in [0.2, 0.25) is 0 Å². The maximum atomic E-state index is 12.9. The average molecular weight is 356 g/mol. The number of rotatable bonds is 5. The van der Waals surface area contributed by atoms with Gasteiger partial charge in [0.2, 0.25) is 5.91 Å². The Hall–Kier alpha value is -2.38. The van der Waals surface area contributed by atoms with Crippen molar-refractivity contribution in [3.05, 3.63) is 36.0 Å². The first-order valence-electron chi connectivity index (χ1n) is 8.97. The van der Waals surface area contributed by atoms with Gasteiger partial charge in [0.15, 0.2) is 5.76 Å². The van der Waals surface area contributed by atoms with Crippen LogP contribution in [0.4, 0.5) is 0 Å². The van der Waals surface area contributed by atoms with E-state index in [0.717, 1.165) is 50.3 Å². The molecule has 7 nitrogen and oxygen atoms in total. The second kappa shape index (κ2) is 6.74. The molecule has 0 bridgehead atoms. The van der Waals surface area contributed by atoms with Crippen molar-refractivity contribution in [2.45, 2.75) is 18.3 Å². The lowest BCUT2D eigenvalue weighted by molar-refractivity contribution is -0.129. The summed E-state index contributed by atoms with van der Waals surface area (Å²) >= 11 is 0. The van der Waals surface area contributed by atoms with Crippen LogP contribution >= 0.6 is 0 Å². The molecule has 0 atom stereocenters. The molecular formula is C19H24N4O3. The Morgan fingerprint density at radius 3 is 2.69 bits per heavy atom. The molecule has 1 saturated carbocycles. The highest BCUT2D eigenvalue weighted by atomic mass is 16.5. The fourth-order valence-electron chi connectivity index (χ4n) is 3.31. The van der Waals surface area contributed by atoms with Gasteiger partial charge < -0.3 is 14.2 Å². The average Bonchev–Trinajstić information content (AvgIpc) is 3.33. The summed E-state index contributed by atoms with van der Waals surface area (Å²) in [4.78, 5) is 15.1. The van der Waals surface area contributed by atoms with Crippen molar-refractivity contribution in [3.8, 4) is 17.1 Å². The standard InChI is InChI=1S/C19H24N4O3/c1-22-8-10-23(11-9-22)20-18(24)19(6-7-19)17-13-16(26-21-17)14-4-3-5-15(12-14)25-2/h3-5,12-13H,6-11H2,1-2H3,(H,20,24). The number of carbonyl (C=O) groups is 1. The van der Waals surface area contributed by atoms with Crippen LogP contribution in [0.25, 0.3) is 11.3 Å². The minimum atomic E-state index is -0.552. The van der Waals surface area contributed by atoms with Crippen molar-refractivity contribution >= 4 is 5.91 Å². The molecule has 1 saturated heterocycles. The lowest BCUT2D eigenvalue weighted by Crippen LogP contribution is -2.54. The number of ether oxygens (including phenoxy) is 1. The van der Waals surface area contributed by atoms with Gasteiger partial charge in [0, 0.05) is 37.8 Å². The number of nitrogens with one attached hydrogen (secondary N) is 1. The number of hydrogen-bond donors (Lipinski definition) is 1. The number of methoxy groups -OCH3 is 1. The number of amides is 1. The minimum absolute atomic E-state index is 0.0209. The first-order valence-corrected chi connectivity index (χ1v) is 8.97. The summed E-state index contributed by atoms with van der Waals surface area (Å²) in [5, 5.41) is 6.21. The zero-order valence-electron chi connectivity index (χ0n) is 15.2. The first-order chi connectivity index (χ1) is 12.6. The molecule has 26 heavy (non-hydrogen) atoms. The molecule has 1 aromatic carbocycles. The third-order valence-corrected chi connectivity index (χ3v) is 5.30. The van der Waals surface area contributed by atoms with E-state index in [-0.39, 0.29) is 5.91 Å². The van der Waals surface area contributed by atoms with E-state index in [1.807, 2.05) is 35.3 Å². The third kappa shape index (κ3) is 3.20. The number of benzene rings is 1. The molecular weight excluding hydrogens is 332 g/mol. The molecule has 1 aliphatic carbocycles. The van der Waals surface area contributed by atoms with Crippen LogP contribution in [-0.4, -0.2) is 61.3 Å². The van der Waals surface area contributed by atoms with E-state index < -0.39 is 5.41 Å². The number of hydrogen-bond acceptors (Lipinski definition) is 6. The highest BCUT2D eigenvalue weighted by Crippen LogP contribution is 2.48. The number of aromatic nitrogens is 1. The van der Waals surface area contributed by atoms with Gasteiger partial charge in [-0.3, -0.25) is 10.2 Å². The zero-order chi connectivity index (χ0) is 18.1. The van der Waals surface area contributed by atoms with Gasteiger partial charge in [0.05, 0.1) is 18.2 Å². The number of piperazine rings is 1. The molecule has 7 heteroatoms. The monoisotopic (exact) mass is 356 g/mol. The Balaban J connectivity index is 1.48. The molecule has 4 rings (SSSR count). The predicted octanol–water partition coefficient (Wildman–Crippen LogP) is 1.66. The highest BCUT2D eigenvalue weighted by molar-refractivity contribution is 5.90. The molecule has 2 fully saturated rings. The number of hydrazine groups is 1. The van der Waals surface area contributed by atoms with Crippen molar-refractivity contribution < 1.29 is 14.1 Å². The Kier molecular flexibility index (Phi) is 4.42. The SMILES string of the molecule is COc1cccc(-c2cc(C3(C(=O)NN4CCN(C)CC4)CC3)no2)c1. The summed E-state index contributed by atoms with van der Waals surface area (Å²) in [6, 6.07) is 9.51. The van der Waals surface area contributed by atoms with Crippen LogP contribution in [0.5, 0.6) is 5.75 Å². The van der Waals surface area contributed by atoms with E-state index in [1.54, 1.807) is 7.11 Å². The number of nitrogens with zero attached hydrogens (tertiary/aromatic N) is 3. The van der Waals surface area contributed by atoms with Gasteiger partial charge in [0.25, 0.3) is 0 Å². The Morgan fingerprint density at radius 1 is 1.23 bits per heavy atom. The van der Waals surface area contributed by atoms with E-state index in [0.29, 0.717) is 11.5 Å². The van der Waals surface area contributed by atoms with E-state index >= 15 is 0 Å². The molecule has 138 valence electrons. The zero-order valence-corrected chi connectivity index (χ0v) is 15.2. The molecule has 2 heterocycles. The van der Waals surface area contributed by atoms with Gasteiger partial charge in [-0.05, 0) is 32.0 Å². The molecule has 2 aromatic rings. The topological polar surface area (TPSA) is 70.8 Å².